The molecule has 0 atom stereocenters. The molecule has 8 N–H and O–H groups in total. The minimum Gasteiger partial charge on any atom is -0.478 e. The molecule has 0 unspecified atom stereocenters. The van der Waals surface area contributed by atoms with Crippen LogP contribution in [-0.4, -0.2) is 99.3 Å². The van der Waals surface area contributed by atoms with Crippen molar-refractivity contribution in [3.8, 4) is 73.1 Å². The molecule has 7 aromatic carbocycles. The van der Waals surface area contributed by atoms with Crippen LogP contribution in [0.5, 0.6) is 0 Å². The van der Waals surface area contributed by atoms with Gasteiger partial charge in [-0.25, -0.2) is 32.4 Å². The molecule has 20 nitrogen and oxygen atoms in total. The normalized spacial score (nSPS) is 10.8. The van der Waals surface area contributed by atoms with E-state index in [2.05, 4.69) is 31.9 Å². The summed E-state index contributed by atoms with van der Waals surface area (Å²) in [5.74, 6) is -6.94. The maximum absolute atomic E-state index is 12.8. The molecule has 0 aliphatic carbocycles. The average Bonchev–Trinajstić information content (AvgIpc) is 1.65. The third kappa shape index (κ3) is 24.7. The first-order valence-electron chi connectivity index (χ1n) is 39.3. The number of halogens is 5. The van der Waals surface area contributed by atoms with Gasteiger partial charge in [-0.3, -0.25) is 24.0 Å². The maximum atomic E-state index is 12.8. The van der Waals surface area contributed by atoms with Gasteiger partial charge in [0.15, 0.2) is 21.4 Å². The van der Waals surface area contributed by atoms with E-state index in [-0.39, 0.29) is 78.7 Å². The lowest BCUT2D eigenvalue weighted by Crippen LogP contribution is -2.13. The highest BCUT2D eigenvalue weighted by atomic mass is 79.9. The third-order valence-corrected chi connectivity index (χ3v) is 33.2. The number of hydrogen-bond acceptors (Lipinski definition) is 22. The summed E-state index contributed by atoms with van der Waals surface area (Å²) >= 11 is 40.1. The SMILES string of the molecule is CS(=O)(=O)c1csc(C(=O)Cc2csc(-c3ccc(Cl)cc3)c2C(=O)O)c1Cl.Cc1ccc(-c2scc(NC(=O)c3cc(C)sc3Cl)c2C(=O)O)cc1.Cc1ccc(-c2scc(NC(=O)c3cccs3)c2C(=O)O)cc1.O=C(Cc1csc(-c2ccc(Cl)cc2)c1C(=O)O)c1ccc(-c2ccccc2)s1.O=C(Nc1csc(-c2ccc(Br)cc2)c1C(=O)O)c1ccc(-c2ccccc2)s1. The van der Waals surface area contributed by atoms with Gasteiger partial charge in [-0.1, -0.05) is 225 Å². The molecule has 0 fully saturated rings. The zero-order valence-electron chi connectivity index (χ0n) is 69.8. The van der Waals surface area contributed by atoms with Crippen molar-refractivity contribution in [3.05, 3.63) is 366 Å². The Balaban J connectivity index is 0.000000142. The van der Waals surface area contributed by atoms with Gasteiger partial charge in [0.25, 0.3) is 17.7 Å². The number of sulfone groups is 1. The molecule has 17 aromatic rings. The summed E-state index contributed by atoms with van der Waals surface area (Å²) < 4.78 is 24.7. The number of hydrogen-bond donors (Lipinski definition) is 8. The predicted octanol–water partition coefficient (Wildman–Crippen LogP) is 29.5. The van der Waals surface area contributed by atoms with E-state index in [1.165, 1.54) is 107 Å². The number of aryl methyl sites for hydroxylation is 3. The Hall–Kier alpha value is -11.8. The molecule has 0 spiro atoms. The molecule has 17 rings (SSSR count). The number of nitrogens with one attached hydrogen (secondary N) is 3. The second kappa shape index (κ2) is 45.0. The molecule has 10 aromatic heterocycles. The Morgan fingerprint density at radius 3 is 1.10 bits per heavy atom. The molecule has 678 valence electrons. The molecule has 0 saturated heterocycles. The third-order valence-electron chi connectivity index (χ3n) is 19.5. The quantitative estimate of drug-likeness (QED) is 0.0246. The van der Waals surface area contributed by atoms with E-state index in [0.29, 0.717) is 87.0 Å². The Kier molecular flexibility index (Phi) is 33.5. The fourth-order valence-corrected chi connectivity index (χ4v) is 25.4. The number of ketones is 2. The van der Waals surface area contributed by atoms with Gasteiger partial charge >= 0.3 is 29.8 Å². The van der Waals surface area contributed by atoms with Crippen LogP contribution < -0.4 is 16.0 Å². The summed E-state index contributed by atoms with van der Waals surface area (Å²) in [5, 5.41) is 69.0. The molecule has 3 amide bonds. The van der Waals surface area contributed by atoms with Crippen molar-refractivity contribution in [1.29, 1.82) is 0 Å². The number of amides is 3. The number of aromatic carboxylic acids is 5. The fourth-order valence-electron chi connectivity index (χ4n) is 13.1. The molecular formula is C98H68BrCl4N3O17S11. The van der Waals surface area contributed by atoms with Gasteiger partial charge in [-0.2, -0.15) is 0 Å². The summed E-state index contributed by atoms with van der Waals surface area (Å²) in [7, 11) is -3.55. The second-order valence-corrected chi connectivity index (χ2v) is 43.3. The number of Topliss-reactive ketones (excluding diaryl/α,β-unsaturated/α-hetero) is 2. The molecule has 10 heterocycles. The summed E-state index contributed by atoms with van der Waals surface area (Å²) in [6, 6.07) is 68.6. The molecule has 0 saturated carbocycles. The molecule has 0 aliphatic rings. The Bertz CT molecular complexity index is 7170. The largest absolute Gasteiger partial charge is 0.478 e. The van der Waals surface area contributed by atoms with Gasteiger partial charge in [0.05, 0.1) is 77.8 Å². The highest BCUT2D eigenvalue weighted by Crippen LogP contribution is 2.44. The van der Waals surface area contributed by atoms with E-state index >= 15 is 0 Å². The van der Waals surface area contributed by atoms with Gasteiger partial charge < -0.3 is 41.5 Å². The van der Waals surface area contributed by atoms with Crippen LogP contribution in [-0.2, 0) is 22.7 Å². The fraction of sp³-hybridized carbons (Fsp3) is 0.0612. The molecule has 0 radical (unpaired) electrons. The highest BCUT2D eigenvalue weighted by molar-refractivity contribution is 9.10. The van der Waals surface area contributed by atoms with Gasteiger partial charge in [-0.05, 0) is 160 Å². The van der Waals surface area contributed by atoms with Crippen LogP contribution in [0.15, 0.2) is 271 Å². The van der Waals surface area contributed by atoms with Gasteiger partial charge in [0.2, 0.25) is 0 Å². The lowest BCUT2D eigenvalue weighted by atomic mass is 10.0. The minimum absolute atomic E-state index is 0.0386. The van der Waals surface area contributed by atoms with E-state index in [1.807, 2.05) is 172 Å². The van der Waals surface area contributed by atoms with E-state index < -0.39 is 51.4 Å². The van der Waals surface area contributed by atoms with Crippen molar-refractivity contribution in [2.75, 3.05) is 22.2 Å². The number of carbonyl (C=O) groups is 10. The number of carbonyl (C=O) groups excluding carboxylic acids is 5. The van der Waals surface area contributed by atoms with Crippen LogP contribution in [0.4, 0.5) is 17.1 Å². The van der Waals surface area contributed by atoms with Crippen molar-refractivity contribution < 1.29 is 81.9 Å². The number of carboxylic acids is 5. The van der Waals surface area contributed by atoms with Crippen molar-refractivity contribution >= 4 is 262 Å². The smallest absolute Gasteiger partial charge is 0.339 e. The number of rotatable bonds is 25. The van der Waals surface area contributed by atoms with Crippen LogP contribution in [0.1, 0.15) is 128 Å². The summed E-state index contributed by atoms with van der Waals surface area (Å²) in [5.41, 5.74) is 10.9. The Morgan fingerprint density at radius 2 is 0.724 bits per heavy atom. The molecule has 134 heavy (non-hydrogen) atoms. The zero-order valence-corrected chi connectivity index (χ0v) is 83.4. The van der Waals surface area contributed by atoms with Crippen molar-refractivity contribution in [2.45, 2.75) is 38.5 Å². The Labute approximate surface area is 835 Å². The highest BCUT2D eigenvalue weighted by Gasteiger charge is 2.30. The average molecular weight is 2130 g/mol. The van der Waals surface area contributed by atoms with Crippen LogP contribution in [0.25, 0.3) is 73.1 Å². The van der Waals surface area contributed by atoms with E-state index in [9.17, 15) is 81.9 Å². The maximum Gasteiger partial charge on any atom is 0.339 e. The van der Waals surface area contributed by atoms with Gasteiger partial charge in [0.1, 0.15) is 21.0 Å². The summed E-state index contributed by atoms with van der Waals surface area (Å²) in [4.78, 5) is 129. The van der Waals surface area contributed by atoms with Crippen molar-refractivity contribution in [2.24, 2.45) is 0 Å². The molecule has 0 bridgehead atoms. The number of anilines is 3. The lowest BCUT2D eigenvalue weighted by molar-refractivity contribution is 0.0686. The monoisotopic (exact) mass is 2130 g/mol. The van der Waals surface area contributed by atoms with E-state index in [4.69, 9.17) is 46.4 Å². The first-order chi connectivity index (χ1) is 64.1. The van der Waals surface area contributed by atoms with Crippen LogP contribution >= 0.6 is 176 Å². The van der Waals surface area contributed by atoms with E-state index in [1.54, 1.807) is 105 Å². The Morgan fingerprint density at radius 1 is 0.358 bits per heavy atom. The van der Waals surface area contributed by atoms with Crippen LogP contribution in [0, 0.1) is 20.8 Å². The first-order valence-corrected chi connectivity index (χ1v) is 52.1. The summed E-state index contributed by atoms with van der Waals surface area (Å²) in [6.45, 7) is 5.80. The molecule has 0 aliphatic heterocycles. The number of thiophene rings is 10. The standard InChI is InChI=1S/C23H15ClO3S2.C22H14BrNO3S2.C18H12Cl2O5S3.C18H14ClNO3S2.C17H13NO3S2/c24-17-8-6-15(7-9-17)22-21(23(26)27)16(13-28-22)12-18(25)20-11-10-19(29-20)14-4-2-1-3-5-14;23-15-8-6-14(7-9-15)20-19(22(26)27)16(12-28-20)24-21(25)18-11-10-17(29-18)13-4-2-1-3-5-13;1-28(24,25)13-8-27-17(15(13)20)12(21)6-10-7-26-16(14(10)18(22)23)9-2-4-11(19)5-3-9;1-9-3-5-11(6-4-9)15-14(18(22)23)13(8-24-15)20-17(21)12-7-10(2)25-16(12)19;1-10-4-6-11(7-5-10)15-14(17(20)21)12(9-23-15)18-16(19)13-3-2-8-22-13/h1-11,13H,12H2,(H,26,27);1-12H,(H,24,25)(H,26,27);2-5,7-8H,6H2,1H3,(H,22,23);3-8H,1-2H3,(H,20,21)(H,22,23);2-9H,1H3,(H,18,19)(H,20,21). The second-order valence-electron chi connectivity index (χ2n) is 28.9. The number of benzene rings is 7. The first kappa shape index (κ1) is 99.7. The van der Waals surface area contributed by atoms with Gasteiger partial charge in [0, 0.05) is 79.5 Å². The lowest BCUT2D eigenvalue weighted by Gasteiger charge is -2.06. The molecule has 36 heteroatoms. The van der Waals surface area contributed by atoms with E-state index in [0.717, 1.165) is 81.2 Å². The minimum atomic E-state index is -3.55. The molecular weight excluding hydrogens is 2070 g/mol. The zero-order chi connectivity index (χ0) is 95.9. The summed E-state index contributed by atoms with van der Waals surface area (Å²) in [6.07, 6.45) is 0.866. The van der Waals surface area contributed by atoms with Crippen molar-refractivity contribution in [1.82, 2.24) is 0 Å². The number of carboxylic acid groups (broad SMARTS) is 5. The topological polar surface area (TPSA) is 342 Å². The van der Waals surface area contributed by atoms with Crippen LogP contribution in [0.2, 0.25) is 19.4 Å². The predicted molar refractivity (Wildman–Crippen MR) is 551 cm³/mol. The van der Waals surface area contributed by atoms with Gasteiger partial charge in [-0.15, -0.1) is 113 Å². The van der Waals surface area contributed by atoms with Crippen molar-refractivity contribution in [3.63, 3.8) is 0 Å². The van der Waals surface area contributed by atoms with Crippen LogP contribution in [0.3, 0.4) is 0 Å².